The number of carbonyl (C=O) groups excluding carboxylic acids is 1. The van der Waals surface area contributed by atoms with Crippen molar-refractivity contribution in [2.24, 2.45) is 11.8 Å². The first-order valence-corrected chi connectivity index (χ1v) is 4.06. The van der Waals surface area contributed by atoms with Crippen molar-refractivity contribution in [3.05, 3.63) is 12.2 Å². The van der Waals surface area contributed by atoms with Gasteiger partial charge in [0.2, 0.25) is 0 Å². The fourth-order valence-electron chi connectivity index (χ4n) is 1.13. The van der Waals surface area contributed by atoms with E-state index in [0.29, 0.717) is 6.61 Å². The zero-order chi connectivity index (χ0) is 8.97. The molecule has 3 atom stereocenters. The van der Waals surface area contributed by atoms with Crippen molar-refractivity contribution in [2.75, 3.05) is 13.7 Å². The summed E-state index contributed by atoms with van der Waals surface area (Å²) in [6.07, 6.45) is 4.54. The van der Waals surface area contributed by atoms with Gasteiger partial charge in [-0.05, 0) is 6.08 Å². The molecule has 0 bridgehead atoms. The Bertz CT molecular complexity index is 177. The molecule has 0 N–H and O–H groups in total. The van der Waals surface area contributed by atoms with Gasteiger partial charge in [0, 0.05) is 18.9 Å². The molecule has 68 valence electrons. The number of hydrogen-bond donors (Lipinski definition) is 0. The first-order chi connectivity index (χ1) is 5.77. The lowest BCUT2D eigenvalue weighted by Gasteiger charge is -2.24. The summed E-state index contributed by atoms with van der Waals surface area (Å²) in [4.78, 5) is 10.4. The van der Waals surface area contributed by atoms with Crippen LogP contribution in [-0.2, 0) is 14.3 Å². The van der Waals surface area contributed by atoms with E-state index in [9.17, 15) is 4.79 Å². The Morgan fingerprint density at radius 1 is 1.67 bits per heavy atom. The largest absolute Gasteiger partial charge is 0.352 e. The third-order valence-electron chi connectivity index (χ3n) is 2.09. The average Bonchev–Trinajstić information content (AvgIpc) is 2.17. The summed E-state index contributed by atoms with van der Waals surface area (Å²) in [6, 6.07) is 0. The van der Waals surface area contributed by atoms with Crippen LogP contribution < -0.4 is 0 Å². The van der Waals surface area contributed by atoms with Crippen LogP contribution in [0.2, 0.25) is 0 Å². The molecule has 1 aliphatic rings. The maximum Gasteiger partial charge on any atom is 0.176 e. The molecule has 0 aliphatic carbocycles. The number of hydrogen-bond acceptors (Lipinski definition) is 3. The second-order valence-electron chi connectivity index (χ2n) is 2.98. The van der Waals surface area contributed by atoms with Crippen molar-refractivity contribution < 1.29 is 14.3 Å². The fourth-order valence-corrected chi connectivity index (χ4v) is 1.13. The van der Waals surface area contributed by atoms with Crippen LogP contribution in [0.1, 0.15) is 6.92 Å². The highest BCUT2D eigenvalue weighted by molar-refractivity contribution is 5.54. The van der Waals surface area contributed by atoms with Crippen molar-refractivity contribution in [1.29, 1.82) is 0 Å². The van der Waals surface area contributed by atoms with Gasteiger partial charge in [-0.1, -0.05) is 13.0 Å². The highest BCUT2D eigenvalue weighted by atomic mass is 16.7. The maximum atomic E-state index is 10.4. The Kier molecular flexibility index (Phi) is 3.44. The third-order valence-corrected chi connectivity index (χ3v) is 2.09. The minimum absolute atomic E-state index is 0.0269. The van der Waals surface area contributed by atoms with Crippen molar-refractivity contribution in [1.82, 2.24) is 0 Å². The second kappa shape index (κ2) is 4.38. The molecule has 0 aromatic heterocycles. The van der Waals surface area contributed by atoms with Crippen molar-refractivity contribution >= 4 is 6.29 Å². The van der Waals surface area contributed by atoms with Crippen molar-refractivity contribution in [3.63, 3.8) is 0 Å². The van der Waals surface area contributed by atoms with Gasteiger partial charge < -0.3 is 14.3 Å². The van der Waals surface area contributed by atoms with E-state index in [1.165, 1.54) is 0 Å². The molecular weight excluding hydrogens is 156 g/mol. The molecule has 3 nitrogen and oxygen atoms in total. The molecule has 1 unspecified atom stereocenters. The van der Waals surface area contributed by atoms with Gasteiger partial charge >= 0.3 is 0 Å². The SMILES string of the molecule is CO[C@@H]1C=C[C@H](C(C)C=O)CO1. The van der Waals surface area contributed by atoms with Crippen LogP contribution >= 0.6 is 0 Å². The van der Waals surface area contributed by atoms with E-state index >= 15 is 0 Å². The monoisotopic (exact) mass is 170 g/mol. The molecule has 0 aromatic carbocycles. The minimum atomic E-state index is -0.236. The van der Waals surface area contributed by atoms with Crippen LogP contribution in [0.15, 0.2) is 12.2 Å². The van der Waals surface area contributed by atoms with Crippen LogP contribution in [0.4, 0.5) is 0 Å². The van der Waals surface area contributed by atoms with Gasteiger partial charge in [0.05, 0.1) is 6.61 Å². The van der Waals surface area contributed by atoms with E-state index in [4.69, 9.17) is 9.47 Å². The Balaban J connectivity index is 2.47. The molecule has 0 radical (unpaired) electrons. The Labute approximate surface area is 72.4 Å². The molecule has 1 rings (SSSR count). The van der Waals surface area contributed by atoms with Crippen molar-refractivity contribution in [3.8, 4) is 0 Å². The predicted octanol–water partition coefficient (Wildman–Crippen LogP) is 0.997. The Morgan fingerprint density at radius 2 is 2.42 bits per heavy atom. The van der Waals surface area contributed by atoms with Gasteiger partial charge in [-0.15, -0.1) is 0 Å². The highest BCUT2D eigenvalue weighted by Crippen LogP contribution is 2.17. The van der Waals surface area contributed by atoms with Gasteiger partial charge in [0.1, 0.15) is 6.29 Å². The smallest absolute Gasteiger partial charge is 0.176 e. The summed E-state index contributed by atoms with van der Waals surface area (Å²) >= 11 is 0. The molecule has 3 heteroatoms. The third kappa shape index (κ3) is 2.16. The summed E-state index contributed by atoms with van der Waals surface area (Å²) in [5, 5.41) is 0. The lowest BCUT2D eigenvalue weighted by molar-refractivity contribution is -0.120. The molecule has 0 fully saturated rings. The second-order valence-corrected chi connectivity index (χ2v) is 2.98. The average molecular weight is 170 g/mol. The number of ether oxygens (including phenoxy) is 2. The molecule has 0 saturated carbocycles. The summed E-state index contributed by atoms with van der Waals surface area (Å²) in [5.74, 6) is 0.230. The van der Waals surface area contributed by atoms with Crippen LogP contribution in [0.25, 0.3) is 0 Å². The summed E-state index contributed by atoms with van der Waals surface area (Å²) < 4.78 is 10.3. The summed E-state index contributed by atoms with van der Waals surface area (Å²) in [6.45, 7) is 2.45. The standard InChI is InChI=1S/C9H14O3/c1-7(5-10)8-3-4-9(11-2)12-6-8/h3-5,7-9H,6H2,1-2H3/t7?,8-,9-/m0/s1. The van der Waals surface area contributed by atoms with E-state index < -0.39 is 0 Å². The maximum absolute atomic E-state index is 10.4. The fraction of sp³-hybridized carbons (Fsp3) is 0.667. The van der Waals surface area contributed by atoms with Gasteiger partial charge in [-0.2, -0.15) is 0 Å². The van der Waals surface area contributed by atoms with Gasteiger partial charge in [-0.25, -0.2) is 0 Å². The molecular formula is C9H14O3. The van der Waals surface area contributed by atoms with E-state index in [0.717, 1.165) is 6.29 Å². The molecule has 0 aromatic rings. The zero-order valence-electron chi connectivity index (χ0n) is 7.40. The van der Waals surface area contributed by atoms with Crippen LogP contribution in [0, 0.1) is 11.8 Å². The number of methoxy groups -OCH3 is 1. The summed E-state index contributed by atoms with van der Waals surface area (Å²) in [7, 11) is 1.60. The lowest BCUT2D eigenvalue weighted by Crippen LogP contribution is -2.26. The number of carbonyl (C=O) groups is 1. The zero-order valence-corrected chi connectivity index (χ0v) is 7.40. The Morgan fingerprint density at radius 3 is 2.83 bits per heavy atom. The normalized spacial score (nSPS) is 31.5. The lowest BCUT2D eigenvalue weighted by atomic mass is 9.95. The molecule has 0 saturated heterocycles. The molecule has 1 heterocycles. The molecule has 0 spiro atoms. The van der Waals surface area contributed by atoms with Crippen LogP contribution in [0.5, 0.6) is 0 Å². The quantitative estimate of drug-likeness (QED) is 0.468. The van der Waals surface area contributed by atoms with Gasteiger partial charge in [0.25, 0.3) is 0 Å². The first-order valence-electron chi connectivity index (χ1n) is 4.06. The van der Waals surface area contributed by atoms with Crippen LogP contribution in [-0.4, -0.2) is 26.3 Å². The highest BCUT2D eigenvalue weighted by Gasteiger charge is 2.19. The number of rotatable bonds is 3. The first kappa shape index (κ1) is 9.42. The summed E-state index contributed by atoms with van der Waals surface area (Å²) in [5.41, 5.74) is 0. The topological polar surface area (TPSA) is 35.5 Å². The molecule has 12 heavy (non-hydrogen) atoms. The van der Waals surface area contributed by atoms with E-state index in [1.54, 1.807) is 7.11 Å². The van der Waals surface area contributed by atoms with Gasteiger partial charge in [0.15, 0.2) is 6.29 Å². The van der Waals surface area contributed by atoms with Crippen LogP contribution in [0.3, 0.4) is 0 Å². The molecule has 1 aliphatic heterocycles. The van der Waals surface area contributed by atoms with Gasteiger partial charge in [-0.3, -0.25) is 0 Å². The van der Waals surface area contributed by atoms with E-state index in [1.807, 2.05) is 19.1 Å². The predicted molar refractivity (Wildman–Crippen MR) is 44.6 cm³/mol. The van der Waals surface area contributed by atoms with E-state index in [-0.39, 0.29) is 18.1 Å². The Hall–Kier alpha value is -0.670. The van der Waals surface area contributed by atoms with Crippen molar-refractivity contribution in [2.45, 2.75) is 13.2 Å². The number of aldehydes is 1. The van der Waals surface area contributed by atoms with E-state index in [2.05, 4.69) is 0 Å². The molecule has 0 amide bonds. The minimum Gasteiger partial charge on any atom is -0.352 e.